The summed E-state index contributed by atoms with van der Waals surface area (Å²) >= 11 is 5.28. The van der Waals surface area contributed by atoms with Gasteiger partial charge in [-0.25, -0.2) is 5.10 Å². The van der Waals surface area contributed by atoms with Crippen molar-refractivity contribution in [3.63, 3.8) is 0 Å². The Bertz CT molecular complexity index is 1010. The van der Waals surface area contributed by atoms with Crippen LogP contribution in [0.5, 0.6) is 11.5 Å². The van der Waals surface area contributed by atoms with Crippen molar-refractivity contribution in [1.29, 1.82) is 0 Å². The first-order chi connectivity index (χ1) is 13.4. The molecule has 0 atom stereocenters. The maximum absolute atomic E-state index is 5.86. The molecule has 1 N–H and O–H groups in total. The number of nitrogens with one attached hydrogen (secondary N) is 1. The van der Waals surface area contributed by atoms with Crippen LogP contribution in [0.1, 0.15) is 37.7 Å². The lowest BCUT2D eigenvalue weighted by Gasteiger charge is -2.19. The van der Waals surface area contributed by atoms with E-state index in [0.717, 1.165) is 17.1 Å². The molecule has 28 heavy (non-hydrogen) atoms. The third-order valence-electron chi connectivity index (χ3n) is 4.22. The van der Waals surface area contributed by atoms with Gasteiger partial charge in [-0.2, -0.15) is 14.9 Å². The Morgan fingerprint density at radius 3 is 2.57 bits per heavy atom. The Morgan fingerprint density at radius 1 is 1.14 bits per heavy atom. The molecule has 2 aromatic carbocycles. The van der Waals surface area contributed by atoms with E-state index in [4.69, 9.17) is 21.7 Å². The van der Waals surface area contributed by atoms with Crippen molar-refractivity contribution in [2.45, 2.75) is 32.8 Å². The lowest BCUT2D eigenvalue weighted by atomic mass is 9.87. The Hall–Kier alpha value is -2.93. The molecule has 0 unspecified atom stereocenters. The molecule has 0 saturated carbocycles. The Kier molecular flexibility index (Phi) is 5.94. The maximum Gasteiger partial charge on any atom is 0.216 e. The van der Waals surface area contributed by atoms with Gasteiger partial charge >= 0.3 is 0 Å². The molecule has 1 heterocycles. The summed E-state index contributed by atoms with van der Waals surface area (Å²) in [5.41, 5.74) is 2.26. The van der Waals surface area contributed by atoms with Gasteiger partial charge in [0.25, 0.3) is 0 Å². The van der Waals surface area contributed by atoms with E-state index in [9.17, 15) is 0 Å². The van der Waals surface area contributed by atoms with Gasteiger partial charge in [0.2, 0.25) is 4.77 Å². The van der Waals surface area contributed by atoms with Crippen LogP contribution in [0.4, 0.5) is 0 Å². The number of rotatable bonds is 6. The van der Waals surface area contributed by atoms with Crippen LogP contribution in [-0.2, 0) is 12.0 Å². The van der Waals surface area contributed by atoms with Gasteiger partial charge < -0.3 is 9.47 Å². The Balaban J connectivity index is 1.72. The van der Waals surface area contributed by atoms with Crippen molar-refractivity contribution in [1.82, 2.24) is 14.9 Å². The zero-order chi connectivity index (χ0) is 20.1. The normalized spacial score (nSPS) is 11.7. The van der Waals surface area contributed by atoms with Gasteiger partial charge in [0.15, 0.2) is 5.82 Å². The quantitative estimate of drug-likeness (QED) is 0.484. The minimum Gasteiger partial charge on any atom is -0.497 e. The van der Waals surface area contributed by atoms with Gasteiger partial charge in [-0.1, -0.05) is 45.0 Å². The second-order valence-electron chi connectivity index (χ2n) is 7.34. The zero-order valence-electron chi connectivity index (χ0n) is 16.5. The van der Waals surface area contributed by atoms with Gasteiger partial charge in [-0.3, -0.25) is 0 Å². The SMILES string of the molecule is COc1cccc(/C=N\n2c(COc3ccc(C(C)(C)C)cc3)n[nH]c2=S)c1. The largest absolute Gasteiger partial charge is 0.497 e. The van der Waals surface area contributed by atoms with E-state index < -0.39 is 0 Å². The predicted octanol–water partition coefficient (Wildman–Crippen LogP) is 4.71. The summed E-state index contributed by atoms with van der Waals surface area (Å²) in [6, 6.07) is 15.7. The van der Waals surface area contributed by atoms with Crippen LogP contribution in [0.3, 0.4) is 0 Å². The number of ether oxygens (including phenoxy) is 2. The van der Waals surface area contributed by atoms with Crippen LogP contribution >= 0.6 is 12.2 Å². The van der Waals surface area contributed by atoms with Crippen LogP contribution < -0.4 is 9.47 Å². The number of aromatic nitrogens is 3. The Labute approximate surface area is 169 Å². The molecule has 0 amide bonds. The van der Waals surface area contributed by atoms with Crippen LogP contribution in [0, 0.1) is 4.77 Å². The molecule has 146 valence electrons. The van der Waals surface area contributed by atoms with Crippen LogP contribution in [-0.4, -0.2) is 28.2 Å². The topological polar surface area (TPSA) is 64.4 Å². The van der Waals surface area contributed by atoms with Crippen LogP contribution in [0.2, 0.25) is 0 Å². The highest BCUT2D eigenvalue weighted by molar-refractivity contribution is 7.71. The first kappa shape index (κ1) is 19.8. The lowest BCUT2D eigenvalue weighted by molar-refractivity contribution is 0.290. The number of aromatic amines is 1. The predicted molar refractivity (Wildman–Crippen MR) is 113 cm³/mol. The van der Waals surface area contributed by atoms with Crippen molar-refractivity contribution in [2.75, 3.05) is 7.11 Å². The standard InChI is InChI=1S/C21H24N4O2S/c1-21(2,3)16-8-10-17(11-9-16)27-14-19-23-24-20(28)25(19)22-13-15-6-5-7-18(12-15)26-4/h5-13H,14H2,1-4H3,(H,24,28)/b22-13-. The van der Waals surface area contributed by atoms with E-state index in [-0.39, 0.29) is 12.0 Å². The molecule has 1 aromatic heterocycles. The first-order valence-electron chi connectivity index (χ1n) is 8.95. The average Bonchev–Trinajstić information content (AvgIpc) is 3.04. The summed E-state index contributed by atoms with van der Waals surface area (Å²) in [4.78, 5) is 0. The first-order valence-corrected chi connectivity index (χ1v) is 9.36. The van der Waals surface area contributed by atoms with E-state index in [0.29, 0.717) is 10.6 Å². The molecule has 0 fully saturated rings. The zero-order valence-corrected chi connectivity index (χ0v) is 17.3. The fourth-order valence-electron chi connectivity index (χ4n) is 2.58. The fraction of sp³-hybridized carbons (Fsp3) is 0.286. The summed E-state index contributed by atoms with van der Waals surface area (Å²) < 4.78 is 13.0. The molecule has 0 aliphatic carbocycles. The summed E-state index contributed by atoms with van der Waals surface area (Å²) in [6.07, 6.45) is 1.70. The van der Waals surface area contributed by atoms with Crippen molar-refractivity contribution >= 4 is 18.4 Å². The monoisotopic (exact) mass is 396 g/mol. The van der Waals surface area contributed by atoms with Gasteiger partial charge in [-0.05, 0) is 53.0 Å². The number of H-pyrrole nitrogens is 1. The van der Waals surface area contributed by atoms with Gasteiger partial charge in [0.1, 0.15) is 18.1 Å². The number of nitrogens with zero attached hydrogens (tertiary/aromatic N) is 3. The highest BCUT2D eigenvalue weighted by atomic mass is 32.1. The third kappa shape index (κ3) is 4.86. The van der Waals surface area contributed by atoms with Crippen molar-refractivity contribution in [3.8, 4) is 11.5 Å². The van der Waals surface area contributed by atoms with E-state index in [1.165, 1.54) is 5.56 Å². The molecule has 0 aliphatic rings. The summed E-state index contributed by atoms with van der Waals surface area (Å²) in [6.45, 7) is 6.79. The van der Waals surface area contributed by atoms with Gasteiger partial charge in [0, 0.05) is 0 Å². The summed E-state index contributed by atoms with van der Waals surface area (Å²) in [5.74, 6) is 2.12. The fourth-order valence-corrected chi connectivity index (χ4v) is 2.78. The molecular formula is C21H24N4O2S. The number of benzene rings is 2. The Morgan fingerprint density at radius 2 is 1.89 bits per heavy atom. The smallest absolute Gasteiger partial charge is 0.216 e. The average molecular weight is 397 g/mol. The number of methoxy groups -OCH3 is 1. The summed E-state index contributed by atoms with van der Waals surface area (Å²) in [5, 5.41) is 11.4. The van der Waals surface area contributed by atoms with Crippen molar-refractivity contribution in [2.24, 2.45) is 5.10 Å². The molecule has 7 heteroatoms. The highest BCUT2D eigenvalue weighted by Gasteiger charge is 2.13. The molecule has 0 bridgehead atoms. The second-order valence-corrected chi connectivity index (χ2v) is 7.73. The lowest BCUT2D eigenvalue weighted by Crippen LogP contribution is -2.10. The molecule has 0 saturated heterocycles. The number of hydrogen-bond donors (Lipinski definition) is 1. The molecule has 3 aromatic rings. The van der Waals surface area contributed by atoms with Crippen LogP contribution in [0.25, 0.3) is 0 Å². The van der Waals surface area contributed by atoms with E-state index in [1.807, 2.05) is 36.4 Å². The molecule has 0 spiro atoms. The second kappa shape index (κ2) is 8.39. The molecule has 6 nitrogen and oxygen atoms in total. The molecular weight excluding hydrogens is 372 g/mol. The van der Waals surface area contributed by atoms with Crippen LogP contribution in [0.15, 0.2) is 53.6 Å². The van der Waals surface area contributed by atoms with Gasteiger partial charge in [0.05, 0.1) is 13.3 Å². The molecule has 3 rings (SSSR count). The number of hydrogen-bond acceptors (Lipinski definition) is 5. The third-order valence-corrected chi connectivity index (χ3v) is 4.49. The minimum absolute atomic E-state index is 0.107. The summed E-state index contributed by atoms with van der Waals surface area (Å²) in [7, 11) is 1.63. The maximum atomic E-state index is 5.86. The van der Waals surface area contributed by atoms with Crippen molar-refractivity contribution in [3.05, 3.63) is 70.3 Å². The van der Waals surface area contributed by atoms with E-state index in [2.05, 4.69) is 48.2 Å². The minimum atomic E-state index is 0.107. The molecule has 0 aliphatic heterocycles. The van der Waals surface area contributed by atoms with E-state index >= 15 is 0 Å². The van der Waals surface area contributed by atoms with Crippen molar-refractivity contribution < 1.29 is 9.47 Å². The van der Waals surface area contributed by atoms with E-state index in [1.54, 1.807) is 18.0 Å². The van der Waals surface area contributed by atoms with Gasteiger partial charge in [-0.15, -0.1) is 0 Å². The highest BCUT2D eigenvalue weighted by Crippen LogP contribution is 2.24. The molecule has 0 radical (unpaired) electrons.